The number of hydrogen-bond acceptors (Lipinski definition) is 7. The zero-order valence-electron chi connectivity index (χ0n) is 12.1. The van der Waals surface area contributed by atoms with Crippen LogP contribution in [0, 0.1) is 0 Å². The minimum absolute atomic E-state index is 0.423. The van der Waals surface area contributed by atoms with E-state index < -0.39 is 67.8 Å². The van der Waals surface area contributed by atoms with E-state index in [1.54, 1.807) is 0 Å². The zero-order valence-corrected chi connectivity index (χ0v) is 12.1. The molecule has 0 aliphatic rings. The molecule has 0 rings (SSSR count). The highest BCUT2D eigenvalue weighted by Gasteiger charge is 2.27. The van der Waals surface area contributed by atoms with E-state index in [9.17, 15) is 24.0 Å². The summed E-state index contributed by atoms with van der Waals surface area (Å²) >= 11 is 0. The molecule has 2 unspecified atom stereocenters. The number of carbonyl (C=O) groups excluding carboxylic acids is 4. The SMILES string of the molecule is NCC(=O)NC(CO)C(=O)NC(CC(N)=O)C(=O)NCC(=O)O. The van der Waals surface area contributed by atoms with Crippen molar-refractivity contribution in [3.05, 3.63) is 0 Å². The van der Waals surface area contributed by atoms with Gasteiger partial charge in [0, 0.05) is 0 Å². The topological polar surface area (TPSA) is 214 Å². The second-order valence-corrected chi connectivity index (χ2v) is 4.35. The van der Waals surface area contributed by atoms with Crippen molar-refractivity contribution in [2.45, 2.75) is 18.5 Å². The lowest BCUT2D eigenvalue weighted by atomic mass is 10.1. The van der Waals surface area contributed by atoms with Gasteiger partial charge < -0.3 is 37.6 Å². The van der Waals surface area contributed by atoms with Crippen molar-refractivity contribution >= 4 is 29.6 Å². The normalized spacial score (nSPS) is 12.6. The predicted octanol–water partition coefficient (Wildman–Crippen LogP) is -5.02. The lowest BCUT2D eigenvalue weighted by molar-refractivity contribution is -0.138. The zero-order chi connectivity index (χ0) is 18.0. The van der Waals surface area contributed by atoms with E-state index in [4.69, 9.17) is 21.7 Å². The monoisotopic (exact) mass is 333 g/mol. The number of amides is 4. The number of carboxylic acid groups (broad SMARTS) is 1. The van der Waals surface area contributed by atoms with E-state index in [1.165, 1.54) is 0 Å². The lowest BCUT2D eigenvalue weighted by Gasteiger charge is -2.21. The number of hydrogen-bond donors (Lipinski definition) is 7. The lowest BCUT2D eigenvalue weighted by Crippen LogP contribution is -2.56. The Labute approximate surface area is 130 Å². The molecule has 12 nitrogen and oxygen atoms in total. The molecule has 0 spiro atoms. The molecule has 0 saturated heterocycles. The van der Waals surface area contributed by atoms with Crippen LogP contribution in [0.15, 0.2) is 0 Å². The molecule has 0 aromatic heterocycles. The molecule has 0 radical (unpaired) electrons. The van der Waals surface area contributed by atoms with Gasteiger partial charge in [-0.15, -0.1) is 0 Å². The van der Waals surface area contributed by atoms with E-state index in [2.05, 4.69) is 10.6 Å². The van der Waals surface area contributed by atoms with Crippen LogP contribution in [0.3, 0.4) is 0 Å². The fourth-order valence-corrected chi connectivity index (χ4v) is 1.42. The highest BCUT2D eigenvalue weighted by atomic mass is 16.4. The van der Waals surface area contributed by atoms with Gasteiger partial charge >= 0.3 is 5.97 Å². The molecule has 2 atom stereocenters. The van der Waals surface area contributed by atoms with Gasteiger partial charge in [0.05, 0.1) is 19.6 Å². The molecule has 0 fully saturated rings. The predicted molar refractivity (Wildman–Crippen MR) is 74.5 cm³/mol. The number of aliphatic hydroxyl groups excluding tert-OH is 1. The van der Waals surface area contributed by atoms with Crippen LogP contribution in [0.5, 0.6) is 0 Å². The second-order valence-electron chi connectivity index (χ2n) is 4.35. The van der Waals surface area contributed by atoms with E-state index in [-0.39, 0.29) is 0 Å². The molecule has 4 amide bonds. The maximum absolute atomic E-state index is 11.9. The number of carbonyl (C=O) groups is 5. The first kappa shape index (κ1) is 20.3. The Kier molecular flexibility index (Phi) is 8.88. The minimum Gasteiger partial charge on any atom is -0.480 e. The Morgan fingerprint density at radius 3 is 2.04 bits per heavy atom. The Balaban J connectivity index is 4.87. The summed E-state index contributed by atoms with van der Waals surface area (Å²) in [4.78, 5) is 56.1. The number of nitrogens with two attached hydrogens (primary N) is 2. The van der Waals surface area contributed by atoms with E-state index in [0.29, 0.717) is 0 Å². The number of primary amides is 1. The van der Waals surface area contributed by atoms with Crippen LogP contribution in [0.25, 0.3) is 0 Å². The molecule has 0 aromatic carbocycles. The average molecular weight is 333 g/mol. The van der Waals surface area contributed by atoms with E-state index >= 15 is 0 Å². The highest BCUT2D eigenvalue weighted by molar-refractivity contribution is 5.95. The first-order chi connectivity index (χ1) is 10.7. The highest BCUT2D eigenvalue weighted by Crippen LogP contribution is 1.95. The summed E-state index contributed by atoms with van der Waals surface area (Å²) in [6.45, 7) is -1.93. The first-order valence-electron chi connectivity index (χ1n) is 6.39. The number of carboxylic acids is 1. The Morgan fingerprint density at radius 2 is 1.61 bits per heavy atom. The van der Waals surface area contributed by atoms with Crippen LogP contribution >= 0.6 is 0 Å². The Morgan fingerprint density at radius 1 is 1.00 bits per heavy atom. The van der Waals surface area contributed by atoms with Gasteiger partial charge in [-0.05, 0) is 0 Å². The van der Waals surface area contributed by atoms with Gasteiger partial charge in [0.2, 0.25) is 23.6 Å². The third-order valence-electron chi connectivity index (χ3n) is 2.47. The third-order valence-corrected chi connectivity index (χ3v) is 2.47. The van der Waals surface area contributed by atoms with Crippen molar-refractivity contribution in [2.75, 3.05) is 19.7 Å². The largest absolute Gasteiger partial charge is 0.480 e. The maximum atomic E-state index is 11.9. The summed E-state index contributed by atoms with van der Waals surface area (Å²) in [7, 11) is 0. The minimum atomic E-state index is -1.46. The van der Waals surface area contributed by atoms with Crippen molar-refractivity contribution in [1.29, 1.82) is 0 Å². The molecule has 130 valence electrons. The second kappa shape index (κ2) is 10.1. The quantitative estimate of drug-likeness (QED) is 0.205. The third kappa shape index (κ3) is 8.33. The number of aliphatic hydroxyl groups is 1. The number of rotatable bonds is 10. The van der Waals surface area contributed by atoms with Gasteiger partial charge in [-0.3, -0.25) is 24.0 Å². The molecule has 0 aromatic rings. The number of nitrogens with one attached hydrogen (secondary N) is 3. The van der Waals surface area contributed by atoms with Crippen molar-refractivity contribution in [2.24, 2.45) is 11.5 Å². The molecule has 12 heteroatoms. The smallest absolute Gasteiger partial charge is 0.322 e. The standard InChI is InChI=1S/C11H19N5O7/c12-2-8(19)15-6(4-17)11(23)16-5(1-7(13)18)10(22)14-3-9(20)21/h5-6,17H,1-4,12H2,(H2,13,18)(H,14,22)(H,15,19)(H,16,23)(H,20,21). The number of aliphatic carboxylic acids is 1. The van der Waals surface area contributed by atoms with Crippen LogP contribution < -0.4 is 27.4 Å². The van der Waals surface area contributed by atoms with Crippen molar-refractivity contribution in [3.8, 4) is 0 Å². The Hall–Kier alpha value is -2.73. The molecular formula is C11H19N5O7. The van der Waals surface area contributed by atoms with Crippen molar-refractivity contribution < 1.29 is 34.2 Å². The Bertz CT molecular complexity index is 481. The summed E-state index contributed by atoms with van der Waals surface area (Å²) in [6, 6.07) is -2.85. The van der Waals surface area contributed by atoms with Crippen molar-refractivity contribution in [3.63, 3.8) is 0 Å². The molecule has 0 saturated carbocycles. The molecule has 0 aliphatic heterocycles. The van der Waals surface area contributed by atoms with Gasteiger partial charge in [0.1, 0.15) is 18.6 Å². The van der Waals surface area contributed by atoms with Gasteiger partial charge in [-0.25, -0.2) is 0 Å². The van der Waals surface area contributed by atoms with Crippen molar-refractivity contribution in [1.82, 2.24) is 16.0 Å². The first-order valence-corrected chi connectivity index (χ1v) is 6.39. The van der Waals surface area contributed by atoms with Crippen LogP contribution in [0.1, 0.15) is 6.42 Å². The van der Waals surface area contributed by atoms with Gasteiger partial charge in [0.25, 0.3) is 0 Å². The summed E-state index contributed by atoms with van der Waals surface area (Å²) in [6.07, 6.45) is -0.597. The van der Waals surface area contributed by atoms with Crippen LogP contribution in [0.4, 0.5) is 0 Å². The van der Waals surface area contributed by atoms with Crippen LogP contribution in [-0.2, 0) is 24.0 Å². The fourth-order valence-electron chi connectivity index (χ4n) is 1.42. The summed E-state index contributed by atoms with van der Waals surface area (Å²) in [5, 5.41) is 23.7. The molecule has 0 heterocycles. The molecular weight excluding hydrogens is 314 g/mol. The van der Waals surface area contributed by atoms with Gasteiger partial charge in [-0.1, -0.05) is 0 Å². The summed E-state index contributed by atoms with van der Waals surface area (Å²) < 4.78 is 0. The molecule has 0 bridgehead atoms. The average Bonchev–Trinajstić information content (AvgIpc) is 2.48. The summed E-state index contributed by atoms with van der Waals surface area (Å²) in [5.74, 6) is -4.90. The maximum Gasteiger partial charge on any atom is 0.322 e. The molecule has 0 aliphatic carbocycles. The molecule has 9 N–H and O–H groups in total. The van der Waals surface area contributed by atoms with E-state index in [0.717, 1.165) is 0 Å². The fraction of sp³-hybridized carbons (Fsp3) is 0.545. The van der Waals surface area contributed by atoms with Gasteiger partial charge in [-0.2, -0.15) is 0 Å². The van der Waals surface area contributed by atoms with Gasteiger partial charge in [0.15, 0.2) is 0 Å². The van der Waals surface area contributed by atoms with Crippen LogP contribution in [0.2, 0.25) is 0 Å². The van der Waals surface area contributed by atoms with E-state index in [1.807, 2.05) is 5.32 Å². The molecule has 23 heavy (non-hydrogen) atoms. The van der Waals surface area contributed by atoms with Crippen LogP contribution in [-0.4, -0.2) is 71.6 Å². The summed E-state index contributed by atoms with van der Waals surface area (Å²) in [5.41, 5.74) is 10.0.